The van der Waals surface area contributed by atoms with Gasteiger partial charge in [0, 0.05) is 24.6 Å². The molecule has 6 heteroatoms. The zero-order valence-electron chi connectivity index (χ0n) is 11.3. The number of oxazole rings is 1. The molecule has 21 heavy (non-hydrogen) atoms. The SMILES string of the molecule is FC(F)(F)c1cccc(-c2cnc(CCNC3CC3)o2)c1. The maximum Gasteiger partial charge on any atom is 0.416 e. The number of aromatic nitrogens is 1. The fourth-order valence-electron chi connectivity index (χ4n) is 2.08. The second-order valence-corrected chi connectivity index (χ2v) is 5.18. The Labute approximate surface area is 120 Å². The smallest absolute Gasteiger partial charge is 0.416 e. The standard InChI is InChI=1S/C15H15F3N2O/c16-15(17,18)11-3-1-2-10(8-11)13-9-20-14(21-13)6-7-19-12-4-5-12/h1-3,8-9,12,19H,4-7H2. The molecule has 0 unspecified atom stereocenters. The highest BCUT2D eigenvalue weighted by Crippen LogP contribution is 2.32. The van der Waals surface area contributed by atoms with E-state index >= 15 is 0 Å². The van der Waals surface area contributed by atoms with Crippen LogP contribution in [0, 0.1) is 0 Å². The van der Waals surface area contributed by atoms with Crippen LogP contribution in [-0.2, 0) is 12.6 Å². The minimum absolute atomic E-state index is 0.363. The number of nitrogens with zero attached hydrogens (tertiary/aromatic N) is 1. The summed E-state index contributed by atoms with van der Waals surface area (Å²) in [6.07, 6.45) is 0.173. The first-order valence-corrected chi connectivity index (χ1v) is 6.88. The second-order valence-electron chi connectivity index (χ2n) is 5.18. The van der Waals surface area contributed by atoms with Crippen LogP contribution in [-0.4, -0.2) is 17.6 Å². The van der Waals surface area contributed by atoms with E-state index in [-0.39, 0.29) is 0 Å². The summed E-state index contributed by atoms with van der Waals surface area (Å²) in [7, 11) is 0. The molecule has 1 aromatic carbocycles. The summed E-state index contributed by atoms with van der Waals surface area (Å²) in [4.78, 5) is 4.11. The highest BCUT2D eigenvalue weighted by molar-refractivity contribution is 5.57. The lowest BCUT2D eigenvalue weighted by Gasteiger charge is -2.07. The monoisotopic (exact) mass is 296 g/mol. The third-order valence-corrected chi connectivity index (χ3v) is 3.38. The fourth-order valence-corrected chi connectivity index (χ4v) is 2.08. The molecule has 1 heterocycles. The van der Waals surface area contributed by atoms with Gasteiger partial charge in [-0.05, 0) is 25.0 Å². The second kappa shape index (κ2) is 5.52. The first-order valence-electron chi connectivity index (χ1n) is 6.88. The molecule has 1 aliphatic carbocycles. The Kier molecular flexibility index (Phi) is 3.71. The molecule has 1 aromatic heterocycles. The normalized spacial score (nSPS) is 15.4. The van der Waals surface area contributed by atoms with Crippen LogP contribution >= 0.6 is 0 Å². The van der Waals surface area contributed by atoms with Gasteiger partial charge in [-0.1, -0.05) is 12.1 Å². The van der Waals surface area contributed by atoms with Crippen LogP contribution < -0.4 is 5.32 Å². The maximum absolute atomic E-state index is 12.7. The third-order valence-electron chi connectivity index (χ3n) is 3.38. The van der Waals surface area contributed by atoms with E-state index in [4.69, 9.17) is 4.42 Å². The lowest BCUT2D eigenvalue weighted by molar-refractivity contribution is -0.137. The highest BCUT2D eigenvalue weighted by Gasteiger charge is 2.30. The van der Waals surface area contributed by atoms with E-state index in [1.165, 1.54) is 25.1 Å². The largest absolute Gasteiger partial charge is 0.441 e. The van der Waals surface area contributed by atoms with Gasteiger partial charge in [0.25, 0.3) is 0 Å². The molecule has 3 nitrogen and oxygen atoms in total. The summed E-state index contributed by atoms with van der Waals surface area (Å²) in [5, 5.41) is 3.33. The Hall–Kier alpha value is -1.82. The van der Waals surface area contributed by atoms with Gasteiger partial charge in [-0.3, -0.25) is 0 Å². The maximum atomic E-state index is 12.7. The van der Waals surface area contributed by atoms with Crippen molar-refractivity contribution < 1.29 is 17.6 Å². The lowest BCUT2D eigenvalue weighted by atomic mass is 10.1. The fraction of sp³-hybridized carbons (Fsp3) is 0.400. The number of rotatable bonds is 5. The van der Waals surface area contributed by atoms with Crippen LogP contribution in [0.3, 0.4) is 0 Å². The van der Waals surface area contributed by atoms with Crippen molar-refractivity contribution in [3.63, 3.8) is 0 Å². The predicted octanol–water partition coefficient (Wildman–Crippen LogP) is 3.65. The molecule has 0 aliphatic heterocycles. The van der Waals surface area contributed by atoms with Crippen LogP contribution in [0.4, 0.5) is 13.2 Å². The van der Waals surface area contributed by atoms with Crippen molar-refractivity contribution in [1.82, 2.24) is 10.3 Å². The molecule has 0 bridgehead atoms. The molecule has 112 valence electrons. The van der Waals surface area contributed by atoms with Gasteiger partial charge in [0.2, 0.25) is 0 Å². The van der Waals surface area contributed by atoms with Gasteiger partial charge >= 0.3 is 6.18 Å². The van der Waals surface area contributed by atoms with E-state index in [0.29, 0.717) is 29.7 Å². The summed E-state index contributed by atoms with van der Waals surface area (Å²) >= 11 is 0. The van der Waals surface area contributed by atoms with E-state index in [9.17, 15) is 13.2 Å². The van der Waals surface area contributed by atoms with Gasteiger partial charge < -0.3 is 9.73 Å². The van der Waals surface area contributed by atoms with Crippen molar-refractivity contribution in [2.24, 2.45) is 0 Å². The number of nitrogens with one attached hydrogen (secondary N) is 1. The lowest BCUT2D eigenvalue weighted by Crippen LogP contribution is -2.19. The molecule has 3 rings (SSSR count). The van der Waals surface area contributed by atoms with E-state index in [1.54, 1.807) is 6.07 Å². The average molecular weight is 296 g/mol. The van der Waals surface area contributed by atoms with E-state index in [0.717, 1.165) is 18.7 Å². The molecule has 0 radical (unpaired) electrons. The van der Waals surface area contributed by atoms with Gasteiger partial charge in [-0.15, -0.1) is 0 Å². The Morgan fingerprint density at radius 1 is 1.29 bits per heavy atom. The topological polar surface area (TPSA) is 38.1 Å². The van der Waals surface area contributed by atoms with Crippen molar-refractivity contribution in [2.75, 3.05) is 6.54 Å². The van der Waals surface area contributed by atoms with Crippen molar-refractivity contribution in [3.05, 3.63) is 41.9 Å². The Bertz CT molecular complexity index is 617. The van der Waals surface area contributed by atoms with Gasteiger partial charge in [-0.25, -0.2) is 4.98 Å². The molecule has 1 N–H and O–H groups in total. The summed E-state index contributed by atoms with van der Waals surface area (Å²) in [6.45, 7) is 0.771. The predicted molar refractivity (Wildman–Crippen MR) is 71.7 cm³/mol. The Balaban J connectivity index is 1.70. The molecule has 1 saturated carbocycles. The van der Waals surface area contributed by atoms with Crippen LogP contribution in [0.25, 0.3) is 11.3 Å². The summed E-state index contributed by atoms with van der Waals surface area (Å²) in [6, 6.07) is 5.69. The Morgan fingerprint density at radius 2 is 2.10 bits per heavy atom. The molecule has 0 amide bonds. The average Bonchev–Trinajstić information content (AvgIpc) is 3.14. The van der Waals surface area contributed by atoms with Gasteiger partial charge in [0.15, 0.2) is 11.7 Å². The van der Waals surface area contributed by atoms with E-state index in [2.05, 4.69) is 10.3 Å². The van der Waals surface area contributed by atoms with Crippen LogP contribution in [0.2, 0.25) is 0 Å². The van der Waals surface area contributed by atoms with E-state index in [1.807, 2.05) is 0 Å². The van der Waals surface area contributed by atoms with Crippen molar-refractivity contribution in [1.29, 1.82) is 0 Å². The Morgan fingerprint density at radius 3 is 2.81 bits per heavy atom. The van der Waals surface area contributed by atoms with Crippen LogP contribution in [0.5, 0.6) is 0 Å². The number of hydrogen-bond donors (Lipinski definition) is 1. The molecule has 1 aliphatic rings. The quantitative estimate of drug-likeness (QED) is 0.915. The molecular weight excluding hydrogens is 281 g/mol. The summed E-state index contributed by atoms with van der Waals surface area (Å²) in [5.74, 6) is 0.901. The number of alkyl halides is 3. The molecule has 0 saturated heterocycles. The summed E-state index contributed by atoms with van der Waals surface area (Å²) in [5.41, 5.74) is -0.299. The molecule has 0 atom stereocenters. The number of hydrogen-bond acceptors (Lipinski definition) is 3. The van der Waals surface area contributed by atoms with Crippen LogP contribution in [0.1, 0.15) is 24.3 Å². The van der Waals surface area contributed by atoms with E-state index < -0.39 is 11.7 Å². The minimum atomic E-state index is -4.35. The zero-order chi connectivity index (χ0) is 14.9. The molecule has 1 fully saturated rings. The molecule has 0 spiro atoms. The van der Waals surface area contributed by atoms with Crippen LogP contribution in [0.15, 0.2) is 34.9 Å². The van der Waals surface area contributed by atoms with Crippen molar-refractivity contribution >= 4 is 0 Å². The first-order chi connectivity index (χ1) is 10.0. The van der Waals surface area contributed by atoms with Crippen molar-refractivity contribution in [2.45, 2.75) is 31.5 Å². The van der Waals surface area contributed by atoms with Gasteiger partial charge in [0.05, 0.1) is 11.8 Å². The summed E-state index contributed by atoms with van der Waals surface area (Å²) < 4.78 is 43.6. The van der Waals surface area contributed by atoms with Gasteiger partial charge in [0.1, 0.15) is 0 Å². The van der Waals surface area contributed by atoms with Gasteiger partial charge in [-0.2, -0.15) is 13.2 Å². The van der Waals surface area contributed by atoms with Crippen molar-refractivity contribution in [3.8, 4) is 11.3 Å². The number of halogens is 3. The molecular formula is C15H15F3N2O. The third kappa shape index (κ3) is 3.64. The minimum Gasteiger partial charge on any atom is -0.441 e. The molecule has 2 aromatic rings. The number of benzene rings is 1. The highest BCUT2D eigenvalue weighted by atomic mass is 19.4. The zero-order valence-corrected chi connectivity index (χ0v) is 11.3. The first kappa shape index (κ1) is 14.1.